The second-order valence-electron chi connectivity index (χ2n) is 7.68. The lowest BCUT2D eigenvalue weighted by Gasteiger charge is -2.30. The second-order valence-corrected chi connectivity index (χ2v) is 10.5. The zero-order valence-corrected chi connectivity index (χ0v) is 19.4. The van der Waals surface area contributed by atoms with Crippen LogP contribution in [0.1, 0.15) is 18.4 Å². The van der Waals surface area contributed by atoms with Gasteiger partial charge in [-0.1, -0.05) is 35.3 Å². The predicted octanol–water partition coefficient (Wildman–Crippen LogP) is 4.28. The molecule has 1 saturated heterocycles. The van der Waals surface area contributed by atoms with Crippen molar-refractivity contribution in [1.29, 1.82) is 0 Å². The number of sulfonamides is 1. The third-order valence-electron chi connectivity index (χ3n) is 5.41. The molecule has 0 atom stereocenters. The summed E-state index contributed by atoms with van der Waals surface area (Å²) in [5, 5.41) is 8.32. The molecule has 3 aromatic rings. The normalized spacial score (nSPS) is 15.6. The van der Waals surface area contributed by atoms with E-state index in [-0.39, 0.29) is 29.8 Å². The standard InChI is InChI=1S/C22H22Cl2N4O3S/c23-18-4-6-21(7-5-18)32(30,31)28-10-8-17(9-11-28)22(29)26-20-13-25-27(15-20)14-16-2-1-3-19(24)12-16/h1-7,12-13,15,17H,8-11,14H2,(H,26,29). The van der Waals surface area contributed by atoms with Gasteiger partial charge in [0.2, 0.25) is 15.9 Å². The second kappa shape index (κ2) is 9.62. The number of amides is 1. The number of carbonyl (C=O) groups excluding carboxylic acids is 1. The number of nitrogens with one attached hydrogen (secondary N) is 1. The minimum atomic E-state index is -3.60. The number of benzene rings is 2. The number of hydrogen-bond donors (Lipinski definition) is 1. The fraction of sp³-hybridized carbons (Fsp3) is 0.273. The van der Waals surface area contributed by atoms with E-state index >= 15 is 0 Å². The van der Waals surface area contributed by atoms with Gasteiger partial charge in [-0.25, -0.2) is 8.42 Å². The van der Waals surface area contributed by atoms with Crippen LogP contribution in [0.4, 0.5) is 5.69 Å². The molecule has 2 aromatic carbocycles. The van der Waals surface area contributed by atoms with Crippen molar-refractivity contribution >= 4 is 44.8 Å². The molecule has 1 aliphatic rings. The molecule has 1 aromatic heterocycles. The van der Waals surface area contributed by atoms with Gasteiger partial charge in [-0.3, -0.25) is 9.48 Å². The molecule has 10 heteroatoms. The van der Waals surface area contributed by atoms with E-state index in [0.717, 1.165) is 5.56 Å². The maximum Gasteiger partial charge on any atom is 0.243 e. The first-order valence-corrected chi connectivity index (χ1v) is 12.3. The summed E-state index contributed by atoms with van der Waals surface area (Å²) in [7, 11) is -3.60. The molecule has 1 aliphatic heterocycles. The van der Waals surface area contributed by atoms with Crippen LogP contribution < -0.4 is 5.32 Å². The lowest BCUT2D eigenvalue weighted by atomic mass is 9.97. The lowest BCUT2D eigenvalue weighted by Crippen LogP contribution is -2.41. The highest BCUT2D eigenvalue weighted by Crippen LogP contribution is 2.25. The Bertz CT molecular complexity index is 1200. The highest BCUT2D eigenvalue weighted by atomic mass is 35.5. The average molecular weight is 493 g/mol. The van der Waals surface area contributed by atoms with E-state index in [4.69, 9.17) is 23.2 Å². The van der Waals surface area contributed by atoms with Crippen molar-refractivity contribution in [3.05, 3.63) is 76.5 Å². The molecule has 7 nitrogen and oxygen atoms in total. The monoisotopic (exact) mass is 492 g/mol. The zero-order chi connectivity index (χ0) is 22.7. The third-order valence-corrected chi connectivity index (χ3v) is 7.81. The largest absolute Gasteiger partial charge is 0.323 e. The number of hydrogen-bond acceptors (Lipinski definition) is 4. The van der Waals surface area contributed by atoms with Crippen LogP contribution in [0.25, 0.3) is 0 Å². The van der Waals surface area contributed by atoms with Crippen molar-refractivity contribution < 1.29 is 13.2 Å². The SMILES string of the molecule is O=C(Nc1cnn(Cc2cccc(Cl)c2)c1)C1CCN(S(=O)(=O)c2ccc(Cl)cc2)CC1. The molecule has 2 heterocycles. The number of nitrogens with zero attached hydrogens (tertiary/aromatic N) is 3. The van der Waals surface area contributed by atoms with Crippen LogP contribution in [-0.2, 0) is 21.4 Å². The van der Waals surface area contributed by atoms with Crippen LogP contribution in [0.5, 0.6) is 0 Å². The Hall–Kier alpha value is -2.39. The van der Waals surface area contributed by atoms with Gasteiger partial charge in [-0.05, 0) is 54.8 Å². The number of carbonyl (C=O) groups is 1. The Labute approximate surface area is 197 Å². The van der Waals surface area contributed by atoms with E-state index in [1.807, 2.05) is 24.3 Å². The minimum Gasteiger partial charge on any atom is -0.323 e. The molecule has 1 fully saturated rings. The maximum atomic E-state index is 12.8. The smallest absolute Gasteiger partial charge is 0.243 e. The van der Waals surface area contributed by atoms with Crippen LogP contribution in [0.15, 0.2) is 65.8 Å². The van der Waals surface area contributed by atoms with Gasteiger partial charge in [0.15, 0.2) is 0 Å². The summed E-state index contributed by atoms with van der Waals surface area (Å²) in [6.45, 7) is 1.12. The summed E-state index contributed by atoms with van der Waals surface area (Å²) in [6, 6.07) is 13.6. The Morgan fingerprint density at radius 1 is 1.06 bits per heavy atom. The summed E-state index contributed by atoms with van der Waals surface area (Å²) in [5.74, 6) is -0.390. The van der Waals surface area contributed by atoms with E-state index in [1.54, 1.807) is 29.2 Å². The van der Waals surface area contributed by atoms with Gasteiger partial charge < -0.3 is 5.32 Å². The number of anilines is 1. The van der Waals surface area contributed by atoms with Crippen LogP contribution in [0.3, 0.4) is 0 Å². The van der Waals surface area contributed by atoms with E-state index in [1.165, 1.54) is 16.4 Å². The van der Waals surface area contributed by atoms with Crippen molar-refractivity contribution in [2.45, 2.75) is 24.3 Å². The molecule has 1 amide bonds. The summed E-state index contributed by atoms with van der Waals surface area (Å²) in [4.78, 5) is 12.9. The summed E-state index contributed by atoms with van der Waals surface area (Å²) in [5.41, 5.74) is 1.61. The van der Waals surface area contributed by atoms with Crippen molar-refractivity contribution in [3.8, 4) is 0 Å². The predicted molar refractivity (Wildman–Crippen MR) is 124 cm³/mol. The lowest BCUT2D eigenvalue weighted by molar-refractivity contribution is -0.120. The van der Waals surface area contributed by atoms with Gasteiger partial charge in [-0.2, -0.15) is 9.40 Å². The van der Waals surface area contributed by atoms with Gasteiger partial charge in [0, 0.05) is 35.2 Å². The topological polar surface area (TPSA) is 84.3 Å². The van der Waals surface area contributed by atoms with E-state index in [0.29, 0.717) is 35.1 Å². The van der Waals surface area contributed by atoms with Crippen molar-refractivity contribution in [3.63, 3.8) is 0 Å². The maximum absolute atomic E-state index is 12.8. The Morgan fingerprint density at radius 3 is 2.47 bits per heavy atom. The van der Waals surface area contributed by atoms with Gasteiger partial charge in [0.05, 0.1) is 23.3 Å². The van der Waals surface area contributed by atoms with E-state index in [9.17, 15) is 13.2 Å². The Morgan fingerprint density at radius 2 is 1.78 bits per heavy atom. The highest BCUT2D eigenvalue weighted by Gasteiger charge is 2.32. The van der Waals surface area contributed by atoms with Crippen LogP contribution in [0, 0.1) is 5.92 Å². The molecule has 0 aliphatic carbocycles. The van der Waals surface area contributed by atoms with Gasteiger partial charge in [0.25, 0.3) is 0 Å². The zero-order valence-electron chi connectivity index (χ0n) is 17.1. The average Bonchev–Trinajstić information content (AvgIpc) is 3.20. The van der Waals surface area contributed by atoms with Crippen molar-refractivity contribution in [1.82, 2.24) is 14.1 Å². The molecule has 4 rings (SSSR count). The fourth-order valence-corrected chi connectivity index (χ4v) is 5.50. The van der Waals surface area contributed by atoms with E-state index < -0.39 is 10.0 Å². The summed E-state index contributed by atoms with van der Waals surface area (Å²) < 4.78 is 28.8. The number of rotatable bonds is 6. The summed E-state index contributed by atoms with van der Waals surface area (Å²) in [6.07, 6.45) is 4.27. The fourth-order valence-electron chi connectivity index (χ4n) is 3.70. The molecular formula is C22H22Cl2N4O3S. The molecule has 0 saturated carbocycles. The molecule has 0 spiro atoms. The first-order chi connectivity index (χ1) is 15.3. The number of aromatic nitrogens is 2. The number of halogens is 2. The first kappa shape index (κ1) is 22.8. The van der Waals surface area contributed by atoms with Crippen LogP contribution >= 0.6 is 23.2 Å². The highest BCUT2D eigenvalue weighted by molar-refractivity contribution is 7.89. The third kappa shape index (κ3) is 5.32. The molecular weight excluding hydrogens is 471 g/mol. The molecule has 0 bridgehead atoms. The van der Waals surface area contributed by atoms with E-state index in [2.05, 4.69) is 10.4 Å². The molecule has 1 N–H and O–H groups in total. The van der Waals surface area contributed by atoms with Gasteiger partial charge >= 0.3 is 0 Å². The van der Waals surface area contributed by atoms with Gasteiger partial charge in [-0.15, -0.1) is 0 Å². The Kier molecular flexibility index (Phi) is 6.85. The molecule has 0 unspecified atom stereocenters. The number of piperidine rings is 1. The van der Waals surface area contributed by atoms with Crippen molar-refractivity contribution in [2.24, 2.45) is 5.92 Å². The van der Waals surface area contributed by atoms with Gasteiger partial charge in [0.1, 0.15) is 0 Å². The molecule has 0 radical (unpaired) electrons. The molecule has 168 valence electrons. The quantitative estimate of drug-likeness (QED) is 0.556. The van der Waals surface area contributed by atoms with Crippen molar-refractivity contribution in [2.75, 3.05) is 18.4 Å². The van der Waals surface area contributed by atoms with Crippen LogP contribution in [0.2, 0.25) is 10.0 Å². The Balaban J connectivity index is 1.32. The first-order valence-electron chi connectivity index (χ1n) is 10.1. The molecule has 32 heavy (non-hydrogen) atoms. The summed E-state index contributed by atoms with van der Waals surface area (Å²) >= 11 is 11.9. The minimum absolute atomic E-state index is 0.129. The van der Waals surface area contributed by atoms with Crippen LogP contribution in [-0.4, -0.2) is 41.5 Å².